The zero-order valence-corrected chi connectivity index (χ0v) is 7.43. The van der Waals surface area contributed by atoms with E-state index in [1.165, 1.54) is 11.8 Å². The zero-order chi connectivity index (χ0) is 8.85. The Labute approximate surface area is 67.4 Å². The van der Waals surface area contributed by atoms with Crippen LogP contribution < -0.4 is 0 Å². The molecule has 1 saturated heterocycles. The average molecular weight is 161 g/mol. The molecule has 1 amide bonds. The molecule has 11 heavy (non-hydrogen) atoms. The summed E-state index contributed by atoms with van der Waals surface area (Å²) >= 11 is 0. The average Bonchev–Trinajstić information content (AvgIpc) is 2.40. The van der Waals surface area contributed by atoms with E-state index in [0.29, 0.717) is 19.5 Å². The van der Waals surface area contributed by atoms with Gasteiger partial charge in [-0.25, -0.2) is 4.39 Å². The quantitative estimate of drug-likeness (QED) is 0.528. The van der Waals surface area contributed by atoms with Gasteiger partial charge >= 0.3 is 0 Å². The van der Waals surface area contributed by atoms with Gasteiger partial charge in [0.2, 0.25) is 5.91 Å². The summed E-state index contributed by atoms with van der Waals surface area (Å²) in [6, 6.07) is 0. The van der Waals surface area contributed by atoms with Crippen LogP contribution in [0.2, 0.25) is 0 Å². The minimum atomic E-state index is -0.783. The number of alkyl halides is 1. The van der Waals surface area contributed by atoms with Crippen molar-refractivity contribution in [2.75, 3.05) is 13.1 Å². The summed E-state index contributed by atoms with van der Waals surface area (Å²) in [6.07, 6.45) is -0.270. The molecule has 1 fully saturated rings. The molecule has 1 rings (SSSR count). The van der Waals surface area contributed by atoms with E-state index in [1.54, 1.807) is 0 Å². The molecular formula is C8H16FNO. The van der Waals surface area contributed by atoms with Crippen molar-refractivity contribution in [3.63, 3.8) is 0 Å². The van der Waals surface area contributed by atoms with E-state index in [-0.39, 0.29) is 5.91 Å². The molecule has 1 heterocycles. The summed E-state index contributed by atoms with van der Waals surface area (Å²) in [6.45, 7) is 6.36. The van der Waals surface area contributed by atoms with Crippen LogP contribution in [0.1, 0.15) is 27.2 Å². The van der Waals surface area contributed by atoms with Gasteiger partial charge in [0.15, 0.2) is 0 Å². The van der Waals surface area contributed by atoms with Crippen LogP contribution in [0.4, 0.5) is 4.39 Å². The second-order valence-electron chi connectivity index (χ2n) is 2.35. The SMILES string of the molecule is CC.CC(=O)N1CC[C@@H](F)C1. The lowest BCUT2D eigenvalue weighted by Gasteiger charge is -2.10. The Hall–Kier alpha value is -0.600. The van der Waals surface area contributed by atoms with Crippen LogP contribution in [-0.4, -0.2) is 30.1 Å². The first-order valence-electron chi connectivity index (χ1n) is 4.09. The number of hydrogen-bond donors (Lipinski definition) is 0. The predicted molar refractivity (Wildman–Crippen MR) is 43.1 cm³/mol. The first kappa shape index (κ1) is 10.4. The Morgan fingerprint density at radius 3 is 2.27 bits per heavy atom. The maximum Gasteiger partial charge on any atom is 0.219 e. The Balaban J connectivity index is 0.000000461. The fourth-order valence-electron chi connectivity index (χ4n) is 1.00. The highest BCUT2D eigenvalue weighted by Crippen LogP contribution is 2.11. The molecule has 0 aromatic rings. The molecule has 0 aromatic carbocycles. The van der Waals surface area contributed by atoms with E-state index in [0.717, 1.165) is 0 Å². The van der Waals surface area contributed by atoms with Crippen molar-refractivity contribution in [1.82, 2.24) is 4.90 Å². The molecule has 0 aromatic heterocycles. The highest BCUT2D eigenvalue weighted by molar-refractivity contribution is 5.73. The normalized spacial score (nSPS) is 22.5. The van der Waals surface area contributed by atoms with E-state index in [2.05, 4.69) is 0 Å². The third kappa shape index (κ3) is 3.35. The minimum Gasteiger partial charge on any atom is -0.340 e. The largest absolute Gasteiger partial charge is 0.340 e. The summed E-state index contributed by atoms with van der Waals surface area (Å²) in [7, 11) is 0. The Bertz CT molecular complexity index is 127. The van der Waals surface area contributed by atoms with E-state index in [4.69, 9.17) is 0 Å². The molecule has 3 heteroatoms. The topological polar surface area (TPSA) is 20.3 Å². The first-order valence-corrected chi connectivity index (χ1v) is 4.09. The second kappa shape index (κ2) is 5.10. The van der Waals surface area contributed by atoms with Crippen LogP contribution in [-0.2, 0) is 4.79 Å². The predicted octanol–water partition coefficient (Wildman–Crippen LogP) is 1.60. The van der Waals surface area contributed by atoms with Crippen LogP contribution in [0.5, 0.6) is 0 Å². The third-order valence-corrected chi connectivity index (χ3v) is 1.58. The number of amides is 1. The van der Waals surface area contributed by atoms with Crippen molar-refractivity contribution < 1.29 is 9.18 Å². The second-order valence-corrected chi connectivity index (χ2v) is 2.35. The fourth-order valence-corrected chi connectivity index (χ4v) is 1.00. The fraction of sp³-hybridized carbons (Fsp3) is 0.875. The monoisotopic (exact) mass is 161 g/mol. The Morgan fingerprint density at radius 1 is 1.55 bits per heavy atom. The highest BCUT2D eigenvalue weighted by Gasteiger charge is 2.22. The van der Waals surface area contributed by atoms with E-state index >= 15 is 0 Å². The standard InChI is InChI=1S/C6H10FNO.C2H6/c1-5(9)8-3-2-6(7)4-8;1-2/h6H,2-4H2,1H3;1-2H3/t6-;/m1./s1. The molecule has 0 bridgehead atoms. The molecule has 0 saturated carbocycles. The van der Waals surface area contributed by atoms with Crippen molar-refractivity contribution >= 4 is 5.91 Å². The van der Waals surface area contributed by atoms with Crippen LogP contribution in [0.25, 0.3) is 0 Å². The summed E-state index contributed by atoms with van der Waals surface area (Å²) < 4.78 is 12.3. The van der Waals surface area contributed by atoms with Crippen molar-refractivity contribution in [2.24, 2.45) is 0 Å². The first-order chi connectivity index (χ1) is 5.20. The maximum absolute atomic E-state index is 12.3. The molecule has 1 aliphatic heterocycles. The van der Waals surface area contributed by atoms with E-state index < -0.39 is 6.17 Å². The summed E-state index contributed by atoms with van der Waals surface area (Å²) in [5, 5.41) is 0. The van der Waals surface area contributed by atoms with Gasteiger partial charge in [-0.05, 0) is 6.42 Å². The van der Waals surface area contributed by atoms with Gasteiger partial charge in [-0.15, -0.1) is 0 Å². The molecule has 0 aliphatic carbocycles. The number of likely N-dealkylation sites (tertiary alicyclic amines) is 1. The number of carbonyl (C=O) groups excluding carboxylic acids is 1. The van der Waals surface area contributed by atoms with Crippen molar-refractivity contribution in [1.29, 1.82) is 0 Å². The lowest BCUT2D eigenvalue weighted by molar-refractivity contribution is -0.127. The zero-order valence-electron chi connectivity index (χ0n) is 7.43. The van der Waals surface area contributed by atoms with Gasteiger partial charge in [-0.1, -0.05) is 13.8 Å². The number of hydrogen-bond acceptors (Lipinski definition) is 1. The van der Waals surface area contributed by atoms with Gasteiger partial charge in [-0.3, -0.25) is 4.79 Å². The number of nitrogens with zero attached hydrogens (tertiary/aromatic N) is 1. The van der Waals surface area contributed by atoms with Gasteiger partial charge < -0.3 is 4.90 Å². The molecule has 2 nitrogen and oxygen atoms in total. The van der Waals surface area contributed by atoms with E-state index in [9.17, 15) is 9.18 Å². The van der Waals surface area contributed by atoms with Gasteiger partial charge in [0.05, 0.1) is 6.54 Å². The van der Waals surface area contributed by atoms with Crippen LogP contribution >= 0.6 is 0 Å². The molecule has 0 spiro atoms. The van der Waals surface area contributed by atoms with Crippen LogP contribution in [0.3, 0.4) is 0 Å². The van der Waals surface area contributed by atoms with Crippen LogP contribution in [0.15, 0.2) is 0 Å². The number of rotatable bonds is 0. The van der Waals surface area contributed by atoms with Gasteiger partial charge in [0.25, 0.3) is 0 Å². The number of halogens is 1. The molecule has 1 atom stereocenters. The highest BCUT2D eigenvalue weighted by atomic mass is 19.1. The van der Waals surface area contributed by atoms with E-state index in [1.807, 2.05) is 13.8 Å². The summed E-state index contributed by atoms with van der Waals surface area (Å²) in [5.41, 5.74) is 0. The van der Waals surface area contributed by atoms with Crippen molar-refractivity contribution in [3.8, 4) is 0 Å². The Kier molecular flexibility index (Phi) is 4.83. The summed E-state index contributed by atoms with van der Waals surface area (Å²) in [4.78, 5) is 12.1. The molecule has 66 valence electrons. The summed E-state index contributed by atoms with van der Waals surface area (Å²) in [5.74, 6) is -0.0184. The van der Waals surface area contributed by atoms with Gasteiger partial charge in [0, 0.05) is 13.5 Å². The lowest BCUT2D eigenvalue weighted by atomic mass is 10.3. The molecule has 0 radical (unpaired) electrons. The molecule has 0 unspecified atom stereocenters. The van der Waals surface area contributed by atoms with Crippen LogP contribution in [0, 0.1) is 0 Å². The molecular weight excluding hydrogens is 145 g/mol. The molecule has 0 N–H and O–H groups in total. The van der Waals surface area contributed by atoms with Crippen molar-refractivity contribution in [3.05, 3.63) is 0 Å². The van der Waals surface area contributed by atoms with Gasteiger partial charge in [-0.2, -0.15) is 0 Å². The maximum atomic E-state index is 12.3. The van der Waals surface area contributed by atoms with Crippen molar-refractivity contribution in [2.45, 2.75) is 33.4 Å². The smallest absolute Gasteiger partial charge is 0.219 e. The Morgan fingerprint density at radius 2 is 2.09 bits per heavy atom. The lowest BCUT2D eigenvalue weighted by Crippen LogP contribution is -2.25. The van der Waals surface area contributed by atoms with Gasteiger partial charge in [0.1, 0.15) is 6.17 Å². The minimum absolute atomic E-state index is 0.0184. The third-order valence-electron chi connectivity index (χ3n) is 1.58. The number of carbonyl (C=O) groups is 1. The molecule has 1 aliphatic rings.